The highest BCUT2D eigenvalue weighted by Gasteiger charge is 2.00. The number of rotatable bonds is 3. The van der Waals surface area contributed by atoms with Gasteiger partial charge in [0.15, 0.2) is 0 Å². The Labute approximate surface area is 103 Å². The average molecular weight is 234 g/mol. The number of hydrazine groups is 1. The molecule has 0 fully saturated rings. The summed E-state index contributed by atoms with van der Waals surface area (Å²) < 4.78 is 0. The molecule has 0 saturated heterocycles. The smallest absolute Gasteiger partial charge is 0.210 e. The first-order chi connectivity index (χ1) is 8.02. The molecule has 4 nitrogen and oxygen atoms in total. The summed E-state index contributed by atoms with van der Waals surface area (Å²) in [7, 11) is 0. The highest BCUT2D eigenvalue weighted by Crippen LogP contribution is 2.13. The maximum atomic E-state index is 5.43. The van der Waals surface area contributed by atoms with Crippen LogP contribution in [0, 0.1) is 19.8 Å². The molecule has 0 aromatic heterocycles. The molecule has 4 N–H and O–H groups in total. The van der Waals surface area contributed by atoms with Crippen molar-refractivity contribution in [2.24, 2.45) is 16.8 Å². The zero-order valence-corrected chi connectivity index (χ0v) is 11.0. The molecule has 1 rings (SSSR count). The van der Waals surface area contributed by atoms with Crippen LogP contribution in [0.15, 0.2) is 23.2 Å². The lowest BCUT2D eigenvalue weighted by Crippen LogP contribution is -2.36. The maximum absolute atomic E-state index is 5.43. The fraction of sp³-hybridized carbons (Fsp3) is 0.462. The monoisotopic (exact) mass is 234 g/mol. The summed E-state index contributed by atoms with van der Waals surface area (Å²) in [5, 5.41) is 3.17. The molecule has 17 heavy (non-hydrogen) atoms. The Hall–Kier alpha value is -1.55. The number of hydrogen-bond acceptors (Lipinski definition) is 2. The lowest BCUT2D eigenvalue weighted by molar-refractivity contribution is 0.663. The highest BCUT2D eigenvalue weighted by molar-refractivity contribution is 5.93. The van der Waals surface area contributed by atoms with Gasteiger partial charge in [-0.3, -0.25) is 10.4 Å². The van der Waals surface area contributed by atoms with Crippen molar-refractivity contribution in [1.29, 1.82) is 0 Å². The molecule has 0 amide bonds. The van der Waals surface area contributed by atoms with Crippen LogP contribution < -0.4 is 16.6 Å². The van der Waals surface area contributed by atoms with Gasteiger partial charge in [-0.2, -0.15) is 0 Å². The number of guanidine groups is 1. The molecule has 0 radical (unpaired) electrons. The van der Waals surface area contributed by atoms with Crippen LogP contribution in [0.1, 0.15) is 25.0 Å². The van der Waals surface area contributed by atoms with Gasteiger partial charge in [0.1, 0.15) is 0 Å². The van der Waals surface area contributed by atoms with Gasteiger partial charge in [0.05, 0.1) is 0 Å². The molecular formula is C13H22N4. The van der Waals surface area contributed by atoms with E-state index in [9.17, 15) is 0 Å². The second kappa shape index (κ2) is 6.25. The van der Waals surface area contributed by atoms with E-state index in [0.717, 1.165) is 12.2 Å². The summed E-state index contributed by atoms with van der Waals surface area (Å²) in [6, 6.07) is 6.18. The van der Waals surface area contributed by atoms with Gasteiger partial charge < -0.3 is 5.32 Å². The number of nitrogens with one attached hydrogen (secondary N) is 2. The molecule has 94 valence electrons. The third-order valence-electron chi connectivity index (χ3n) is 2.52. The van der Waals surface area contributed by atoms with Crippen molar-refractivity contribution in [2.45, 2.75) is 27.7 Å². The number of benzene rings is 1. The van der Waals surface area contributed by atoms with Crippen LogP contribution >= 0.6 is 0 Å². The van der Waals surface area contributed by atoms with Gasteiger partial charge >= 0.3 is 0 Å². The van der Waals surface area contributed by atoms with E-state index in [1.165, 1.54) is 11.1 Å². The molecule has 0 atom stereocenters. The van der Waals surface area contributed by atoms with Crippen molar-refractivity contribution in [3.8, 4) is 0 Å². The van der Waals surface area contributed by atoms with Crippen molar-refractivity contribution in [1.82, 2.24) is 5.43 Å². The molecule has 0 aliphatic heterocycles. The van der Waals surface area contributed by atoms with Crippen LogP contribution in [0.5, 0.6) is 0 Å². The molecule has 0 heterocycles. The van der Waals surface area contributed by atoms with Gasteiger partial charge in [-0.05, 0) is 43.0 Å². The van der Waals surface area contributed by atoms with Gasteiger partial charge in [-0.25, -0.2) is 5.84 Å². The molecule has 0 bridgehead atoms. The van der Waals surface area contributed by atoms with E-state index in [0.29, 0.717) is 11.9 Å². The van der Waals surface area contributed by atoms with Gasteiger partial charge in [-0.1, -0.05) is 19.9 Å². The summed E-state index contributed by atoms with van der Waals surface area (Å²) in [5.41, 5.74) is 6.09. The minimum atomic E-state index is 0.514. The number of aliphatic imine (C=N–C) groups is 1. The van der Waals surface area contributed by atoms with E-state index >= 15 is 0 Å². The number of hydrogen-bond donors (Lipinski definition) is 3. The number of nitrogens with zero attached hydrogens (tertiary/aromatic N) is 1. The van der Waals surface area contributed by atoms with Crippen molar-refractivity contribution in [3.05, 3.63) is 29.3 Å². The molecule has 0 aliphatic carbocycles. The van der Waals surface area contributed by atoms with Crippen molar-refractivity contribution in [2.75, 3.05) is 11.9 Å². The van der Waals surface area contributed by atoms with E-state index < -0.39 is 0 Å². The lowest BCUT2D eigenvalue weighted by atomic mass is 10.1. The van der Waals surface area contributed by atoms with E-state index in [1.54, 1.807) is 0 Å². The third kappa shape index (κ3) is 4.44. The summed E-state index contributed by atoms with van der Waals surface area (Å²) in [5.74, 6) is 6.54. The maximum Gasteiger partial charge on any atom is 0.210 e. The Kier molecular flexibility index (Phi) is 4.97. The van der Waals surface area contributed by atoms with E-state index in [1.807, 2.05) is 6.07 Å². The van der Waals surface area contributed by atoms with Crippen LogP contribution in [0.4, 0.5) is 5.69 Å². The minimum absolute atomic E-state index is 0.514. The molecule has 1 aromatic rings. The van der Waals surface area contributed by atoms with Gasteiger partial charge in [0.25, 0.3) is 0 Å². The number of anilines is 1. The third-order valence-corrected chi connectivity index (χ3v) is 2.52. The van der Waals surface area contributed by atoms with Gasteiger partial charge in [0, 0.05) is 12.2 Å². The second-order valence-corrected chi connectivity index (χ2v) is 4.65. The summed E-state index contributed by atoms with van der Waals surface area (Å²) in [4.78, 5) is 4.36. The summed E-state index contributed by atoms with van der Waals surface area (Å²) in [6.07, 6.45) is 0. The SMILES string of the molecule is Cc1ccc(NC(=NCC(C)C)NN)cc1C. The Morgan fingerprint density at radius 1 is 1.29 bits per heavy atom. The molecule has 0 spiro atoms. The first-order valence-electron chi connectivity index (χ1n) is 5.88. The van der Waals surface area contributed by atoms with Crippen molar-refractivity contribution in [3.63, 3.8) is 0 Å². The quantitative estimate of drug-likeness (QED) is 0.325. The normalized spacial score (nSPS) is 11.8. The molecule has 0 saturated carbocycles. The molecule has 1 aromatic carbocycles. The van der Waals surface area contributed by atoms with Crippen LogP contribution in [-0.2, 0) is 0 Å². The molecule has 0 unspecified atom stereocenters. The standard InChI is InChI=1S/C13H22N4/c1-9(2)8-15-13(17-14)16-12-6-5-10(3)11(4)7-12/h5-7,9H,8,14H2,1-4H3,(H2,15,16,17). The minimum Gasteiger partial charge on any atom is -0.325 e. The second-order valence-electron chi connectivity index (χ2n) is 4.65. The zero-order chi connectivity index (χ0) is 12.8. The zero-order valence-electron chi connectivity index (χ0n) is 11.0. The Balaban J connectivity index is 2.73. The Bertz CT molecular complexity index is 396. The van der Waals surface area contributed by atoms with Crippen LogP contribution in [-0.4, -0.2) is 12.5 Å². The van der Waals surface area contributed by atoms with Gasteiger partial charge in [0.2, 0.25) is 5.96 Å². The number of nitrogens with two attached hydrogens (primary N) is 1. The topological polar surface area (TPSA) is 62.4 Å². The fourth-order valence-electron chi connectivity index (χ4n) is 1.35. The Morgan fingerprint density at radius 3 is 2.53 bits per heavy atom. The first kappa shape index (κ1) is 13.5. The predicted octanol–water partition coefficient (Wildman–Crippen LogP) is 2.19. The number of aryl methyl sites for hydroxylation is 2. The molecule has 0 aliphatic rings. The van der Waals surface area contributed by atoms with Crippen LogP contribution in [0.2, 0.25) is 0 Å². The predicted molar refractivity (Wildman–Crippen MR) is 74.0 cm³/mol. The average Bonchev–Trinajstić information content (AvgIpc) is 2.28. The van der Waals surface area contributed by atoms with Crippen molar-refractivity contribution >= 4 is 11.6 Å². The Morgan fingerprint density at radius 2 is 2.00 bits per heavy atom. The molecular weight excluding hydrogens is 212 g/mol. The van der Waals surface area contributed by atoms with E-state index in [-0.39, 0.29) is 0 Å². The van der Waals surface area contributed by atoms with E-state index in [2.05, 4.69) is 55.6 Å². The summed E-state index contributed by atoms with van der Waals surface area (Å²) >= 11 is 0. The fourth-order valence-corrected chi connectivity index (χ4v) is 1.35. The van der Waals surface area contributed by atoms with Crippen molar-refractivity contribution < 1.29 is 0 Å². The van der Waals surface area contributed by atoms with Crippen LogP contribution in [0.25, 0.3) is 0 Å². The van der Waals surface area contributed by atoms with Gasteiger partial charge in [-0.15, -0.1) is 0 Å². The summed E-state index contributed by atoms with van der Waals surface area (Å²) in [6.45, 7) is 9.16. The molecule has 4 heteroatoms. The first-order valence-corrected chi connectivity index (χ1v) is 5.88. The highest BCUT2D eigenvalue weighted by atomic mass is 15.3. The van der Waals surface area contributed by atoms with E-state index in [4.69, 9.17) is 5.84 Å². The largest absolute Gasteiger partial charge is 0.325 e. The lowest BCUT2D eigenvalue weighted by Gasteiger charge is -2.11. The van der Waals surface area contributed by atoms with Crippen LogP contribution in [0.3, 0.4) is 0 Å².